The van der Waals surface area contributed by atoms with Crippen LogP contribution in [-0.2, 0) is 23.7 Å². The molecule has 0 aromatic heterocycles. The van der Waals surface area contributed by atoms with Crippen LogP contribution < -0.4 is 0 Å². The fraction of sp³-hybridized carbons (Fsp3) is 1.00. The number of aliphatic hydroxyl groups excluding tert-OH is 10. The maximum Gasteiger partial charge on any atom is 0.187 e. The van der Waals surface area contributed by atoms with E-state index in [1.807, 2.05) is 0 Å². The van der Waals surface area contributed by atoms with E-state index in [2.05, 4.69) is 0 Å². The van der Waals surface area contributed by atoms with Gasteiger partial charge in [-0.15, -0.1) is 0 Å². The van der Waals surface area contributed by atoms with Gasteiger partial charge < -0.3 is 74.7 Å². The van der Waals surface area contributed by atoms with Gasteiger partial charge in [0, 0.05) is 0 Å². The molecule has 3 fully saturated rings. The van der Waals surface area contributed by atoms with Crippen LogP contribution in [0.5, 0.6) is 0 Å². The molecule has 14 atom stereocenters. The third-order valence-electron chi connectivity index (χ3n) is 5.99. The Morgan fingerprint density at radius 1 is 0.606 bits per heavy atom. The second-order valence-electron chi connectivity index (χ2n) is 8.26. The van der Waals surface area contributed by atoms with Crippen molar-refractivity contribution in [2.45, 2.75) is 85.8 Å². The van der Waals surface area contributed by atoms with Gasteiger partial charge in [0.15, 0.2) is 12.6 Å². The largest absolute Gasteiger partial charge is 0.394 e. The zero-order valence-electron chi connectivity index (χ0n) is 17.4. The number of hydrogen-bond donors (Lipinski definition) is 10. The minimum absolute atomic E-state index is 0.345. The Morgan fingerprint density at radius 3 is 1.67 bits per heavy atom. The summed E-state index contributed by atoms with van der Waals surface area (Å²) in [6.45, 7) is -2.14. The highest BCUT2D eigenvalue weighted by Crippen LogP contribution is 2.28. The van der Waals surface area contributed by atoms with Gasteiger partial charge in [0.05, 0.1) is 26.4 Å². The molecule has 3 aliphatic rings. The van der Waals surface area contributed by atoms with Crippen LogP contribution in [0.4, 0.5) is 0 Å². The van der Waals surface area contributed by atoms with Crippen LogP contribution in [0.2, 0.25) is 0 Å². The SMILES string of the molecule is OCC1OC(OCC2OCC(O)C(OC3OC(CO)C(O)C(O)C3O)C2O)C(O)C(O)C1O. The summed E-state index contributed by atoms with van der Waals surface area (Å²) in [6, 6.07) is 0. The van der Waals surface area contributed by atoms with Crippen LogP contribution in [0.3, 0.4) is 0 Å². The van der Waals surface area contributed by atoms with E-state index >= 15 is 0 Å². The molecule has 0 bridgehead atoms. The Morgan fingerprint density at radius 2 is 1.12 bits per heavy atom. The lowest BCUT2D eigenvalue weighted by Crippen LogP contribution is -2.63. The van der Waals surface area contributed by atoms with Gasteiger partial charge in [-0.3, -0.25) is 0 Å². The molecular formula is C18H32O15. The topological polar surface area (TPSA) is 248 Å². The van der Waals surface area contributed by atoms with Crippen molar-refractivity contribution in [1.29, 1.82) is 0 Å². The maximum atomic E-state index is 10.6. The third-order valence-corrected chi connectivity index (χ3v) is 5.99. The van der Waals surface area contributed by atoms with Gasteiger partial charge in [-0.25, -0.2) is 0 Å². The molecule has 15 heteroatoms. The molecule has 33 heavy (non-hydrogen) atoms. The summed E-state index contributed by atoms with van der Waals surface area (Å²) in [7, 11) is 0. The van der Waals surface area contributed by atoms with Crippen molar-refractivity contribution in [3.05, 3.63) is 0 Å². The van der Waals surface area contributed by atoms with Crippen LogP contribution >= 0.6 is 0 Å². The smallest absolute Gasteiger partial charge is 0.187 e. The van der Waals surface area contributed by atoms with Crippen molar-refractivity contribution in [2.24, 2.45) is 0 Å². The standard InChI is InChI=1S/C18H32O15/c19-1-6-9(22)12(25)14(27)17(31-6)30-4-8-11(24)16(5(21)3-29-8)33-18-15(28)13(26)10(23)7(2-20)32-18/h5-28H,1-4H2. The van der Waals surface area contributed by atoms with E-state index in [-0.39, 0.29) is 6.61 Å². The normalized spacial score (nSPS) is 51.5. The number of hydrogen-bond acceptors (Lipinski definition) is 15. The molecule has 194 valence electrons. The highest BCUT2D eigenvalue weighted by atomic mass is 16.7. The van der Waals surface area contributed by atoms with Gasteiger partial charge in [-0.1, -0.05) is 0 Å². The van der Waals surface area contributed by atoms with Crippen LogP contribution in [0.15, 0.2) is 0 Å². The molecule has 0 saturated carbocycles. The van der Waals surface area contributed by atoms with Crippen molar-refractivity contribution >= 4 is 0 Å². The molecule has 0 aromatic carbocycles. The summed E-state index contributed by atoms with van der Waals surface area (Å²) in [4.78, 5) is 0. The Hall–Kier alpha value is -0.600. The first-order valence-corrected chi connectivity index (χ1v) is 10.5. The number of ether oxygens (including phenoxy) is 5. The molecule has 3 aliphatic heterocycles. The van der Waals surface area contributed by atoms with Crippen LogP contribution in [0.1, 0.15) is 0 Å². The van der Waals surface area contributed by atoms with E-state index in [1.54, 1.807) is 0 Å². The molecular weight excluding hydrogens is 456 g/mol. The highest BCUT2D eigenvalue weighted by Gasteiger charge is 2.49. The molecule has 3 heterocycles. The molecule has 3 rings (SSSR count). The molecule has 0 radical (unpaired) electrons. The third kappa shape index (κ3) is 5.64. The average Bonchev–Trinajstić information content (AvgIpc) is 2.80. The molecule has 0 spiro atoms. The summed E-state index contributed by atoms with van der Waals surface area (Å²) in [5, 5.41) is 98.8. The van der Waals surface area contributed by atoms with Gasteiger partial charge in [0.1, 0.15) is 73.2 Å². The molecule has 0 aliphatic carbocycles. The van der Waals surface area contributed by atoms with Gasteiger partial charge >= 0.3 is 0 Å². The minimum Gasteiger partial charge on any atom is -0.394 e. The van der Waals surface area contributed by atoms with Gasteiger partial charge in [0.25, 0.3) is 0 Å². The van der Waals surface area contributed by atoms with E-state index in [9.17, 15) is 51.1 Å². The molecule has 3 saturated heterocycles. The monoisotopic (exact) mass is 488 g/mol. The van der Waals surface area contributed by atoms with E-state index in [1.165, 1.54) is 0 Å². The first-order valence-electron chi connectivity index (χ1n) is 10.5. The van der Waals surface area contributed by atoms with Crippen molar-refractivity contribution < 1.29 is 74.7 Å². The lowest BCUT2D eigenvalue weighted by atomic mass is 9.97. The fourth-order valence-electron chi connectivity index (χ4n) is 3.90. The minimum atomic E-state index is -1.76. The first kappa shape index (κ1) is 27.0. The summed E-state index contributed by atoms with van der Waals surface area (Å²) >= 11 is 0. The molecule has 0 amide bonds. The Balaban J connectivity index is 1.61. The van der Waals surface area contributed by atoms with E-state index < -0.39 is 106 Å². The van der Waals surface area contributed by atoms with Crippen molar-refractivity contribution in [3.8, 4) is 0 Å². The average molecular weight is 488 g/mol. The number of rotatable bonds is 7. The van der Waals surface area contributed by atoms with Crippen molar-refractivity contribution in [3.63, 3.8) is 0 Å². The van der Waals surface area contributed by atoms with Crippen molar-refractivity contribution in [2.75, 3.05) is 26.4 Å². The highest BCUT2D eigenvalue weighted by molar-refractivity contribution is 4.93. The molecule has 14 unspecified atom stereocenters. The quantitative estimate of drug-likeness (QED) is 0.160. The van der Waals surface area contributed by atoms with E-state index in [0.29, 0.717) is 0 Å². The fourth-order valence-corrected chi connectivity index (χ4v) is 3.90. The van der Waals surface area contributed by atoms with Gasteiger partial charge in [-0.2, -0.15) is 0 Å². The predicted molar refractivity (Wildman–Crippen MR) is 100 cm³/mol. The van der Waals surface area contributed by atoms with Gasteiger partial charge in [-0.05, 0) is 0 Å². The predicted octanol–water partition coefficient (Wildman–Crippen LogP) is -6.89. The van der Waals surface area contributed by atoms with Crippen molar-refractivity contribution in [1.82, 2.24) is 0 Å². The lowest BCUT2D eigenvalue weighted by Gasteiger charge is -2.44. The summed E-state index contributed by atoms with van der Waals surface area (Å²) in [6.07, 6.45) is -21.1. The Bertz CT molecular complexity index is 607. The second kappa shape index (κ2) is 11.4. The molecule has 0 aromatic rings. The lowest BCUT2D eigenvalue weighted by molar-refractivity contribution is -0.340. The zero-order valence-corrected chi connectivity index (χ0v) is 17.4. The Kier molecular flexibility index (Phi) is 9.35. The summed E-state index contributed by atoms with van der Waals surface area (Å²) < 4.78 is 26.6. The summed E-state index contributed by atoms with van der Waals surface area (Å²) in [5.41, 5.74) is 0. The molecule has 15 nitrogen and oxygen atoms in total. The zero-order chi connectivity index (χ0) is 24.4. The maximum absolute atomic E-state index is 10.6. The summed E-state index contributed by atoms with van der Waals surface area (Å²) in [5.74, 6) is 0. The van der Waals surface area contributed by atoms with Crippen LogP contribution in [0.25, 0.3) is 0 Å². The first-order chi connectivity index (χ1) is 15.6. The van der Waals surface area contributed by atoms with E-state index in [0.717, 1.165) is 0 Å². The second-order valence-corrected chi connectivity index (χ2v) is 8.26. The van der Waals surface area contributed by atoms with Crippen LogP contribution in [-0.4, -0.2) is 163 Å². The Labute approximate surface area is 187 Å². The van der Waals surface area contributed by atoms with Crippen LogP contribution in [0, 0.1) is 0 Å². The van der Waals surface area contributed by atoms with E-state index in [4.69, 9.17) is 23.7 Å². The van der Waals surface area contributed by atoms with Gasteiger partial charge in [0.2, 0.25) is 0 Å². The molecule has 10 N–H and O–H groups in total. The number of aliphatic hydroxyl groups is 10.